The van der Waals surface area contributed by atoms with Crippen molar-refractivity contribution >= 4 is 74.0 Å². The number of thiophene rings is 2. The number of benzene rings is 2. The Labute approximate surface area is 194 Å². The summed E-state index contributed by atoms with van der Waals surface area (Å²) in [6.07, 6.45) is 14.1. The van der Waals surface area contributed by atoms with Crippen molar-refractivity contribution in [3.8, 4) is 17.2 Å². The van der Waals surface area contributed by atoms with Crippen molar-refractivity contribution in [1.82, 2.24) is 4.98 Å². The van der Waals surface area contributed by atoms with Gasteiger partial charge in [-0.05, 0) is 73.9 Å². The van der Waals surface area contributed by atoms with Gasteiger partial charge in [0.05, 0.1) is 16.5 Å². The van der Waals surface area contributed by atoms with Crippen LogP contribution < -0.4 is 4.74 Å². The van der Waals surface area contributed by atoms with Gasteiger partial charge in [0.25, 0.3) is 0 Å². The number of aromatic nitrogens is 1. The molecule has 0 amide bonds. The van der Waals surface area contributed by atoms with Crippen molar-refractivity contribution in [3.05, 3.63) is 36.4 Å². The number of ether oxygens (including phenoxy) is 1. The predicted octanol–water partition coefficient (Wildman–Crippen LogP) is 8.04. The standard InChI is InChI=1S/C24H27NO2S4/c1-26-15-10-8-14(9-11-15)24-25-20-16-12-18(30(2,3)4)28-22(16)23-17(21(20)27-24)13-19(29-23)31(5,6)7/h8-13H,1-7H3. The minimum atomic E-state index is -0.824. The molecule has 0 N–H and O–H groups in total. The zero-order valence-electron chi connectivity index (χ0n) is 18.9. The first-order chi connectivity index (χ1) is 14.6. The van der Waals surface area contributed by atoms with Gasteiger partial charge in [-0.3, -0.25) is 0 Å². The van der Waals surface area contributed by atoms with Crippen LogP contribution in [0.25, 0.3) is 42.7 Å². The van der Waals surface area contributed by atoms with Gasteiger partial charge in [-0.15, -0.1) is 22.7 Å². The van der Waals surface area contributed by atoms with Crippen molar-refractivity contribution in [2.45, 2.75) is 8.42 Å². The maximum atomic E-state index is 6.45. The Morgan fingerprint density at radius 3 is 1.90 bits per heavy atom. The first-order valence-electron chi connectivity index (χ1n) is 9.87. The van der Waals surface area contributed by atoms with E-state index in [4.69, 9.17) is 14.1 Å². The van der Waals surface area contributed by atoms with Gasteiger partial charge in [-0.25, -0.2) is 25.0 Å². The van der Waals surface area contributed by atoms with Gasteiger partial charge < -0.3 is 9.15 Å². The van der Waals surface area contributed by atoms with Crippen LogP contribution in [0, 0.1) is 0 Å². The molecule has 31 heavy (non-hydrogen) atoms. The molecular formula is C24H27NO2S4. The zero-order chi connectivity index (χ0) is 22.1. The van der Waals surface area contributed by atoms with Gasteiger partial charge in [-0.2, -0.15) is 0 Å². The molecule has 0 atom stereocenters. The van der Waals surface area contributed by atoms with Crippen molar-refractivity contribution in [1.29, 1.82) is 0 Å². The summed E-state index contributed by atoms with van der Waals surface area (Å²) in [6, 6.07) is 12.6. The fraction of sp³-hybridized carbons (Fsp3) is 0.292. The molecule has 3 nitrogen and oxygen atoms in total. The lowest BCUT2D eigenvalue weighted by Crippen LogP contribution is -1.87. The fourth-order valence-corrected chi connectivity index (χ4v) is 8.95. The van der Waals surface area contributed by atoms with E-state index in [-0.39, 0.29) is 0 Å². The molecule has 0 unspecified atom stereocenters. The van der Waals surface area contributed by atoms with E-state index in [1.54, 1.807) is 7.11 Å². The van der Waals surface area contributed by atoms with Crippen LogP contribution in [0.5, 0.6) is 5.75 Å². The molecule has 5 rings (SSSR count). The van der Waals surface area contributed by atoms with E-state index in [0.29, 0.717) is 5.89 Å². The predicted molar refractivity (Wildman–Crippen MR) is 144 cm³/mol. The summed E-state index contributed by atoms with van der Waals surface area (Å²) >= 11 is 3.88. The van der Waals surface area contributed by atoms with Crippen LogP contribution in [0.4, 0.5) is 0 Å². The molecule has 0 radical (unpaired) electrons. The summed E-state index contributed by atoms with van der Waals surface area (Å²) in [7, 11) is 0.0344. The summed E-state index contributed by atoms with van der Waals surface area (Å²) in [5.41, 5.74) is 2.85. The lowest BCUT2D eigenvalue weighted by molar-refractivity contribution is 0.415. The van der Waals surface area contributed by atoms with Gasteiger partial charge in [-0.1, -0.05) is 0 Å². The molecule has 0 aliphatic rings. The Morgan fingerprint density at radius 1 is 0.806 bits per heavy atom. The van der Waals surface area contributed by atoms with Crippen molar-refractivity contribution in [2.75, 3.05) is 44.6 Å². The lowest BCUT2D eigenvalue weighted by atomic mass is 10.2. The monoisotopic (exact) mass is 489 g/mol. The van der Waals surface area contributed by atoms with E-state index >= 15 is 0 Å². The second-order valence-electron chi connectivity index (χ2n) is 9.22. The Bertz CT molecular complexity index is 1340. The van der Waals surface area contributed by atoms with Gasteiger partial charge in [0.1, 0.15) is 11.3 Å². The van der Waals surface area contributed by atoms with Crippen molar-refractivity contribution in [2.24, 2.45) is 0 Å². The van der Waals surface area contributed by atoms with E-state index in [2.05, 4.69) is 49.7 Å². The minimum Gasteiger partial charge on any atom is -0.497 e. The molecule has 0 aliphatic carbocycles. The lowest BCUT2D eigenvalue weighted by Gasteiger charge is -2.22. The molecule has 164 valence electrons. The number of methoxy groups -OCH3 is 1. The molecule has 3 aromatic heterocycles. The van der Waals surface area contributed by atoms with E-state index in [0.717, 1.165) is 22.4 Å². The molecule has 0 spiro atoms. The highest BCUT2D eigenvalue weighted by Crippen LogP contribution is 2.57. The molecule has 0 fully saturated rings. The quantitative estimate of drug-likeness (QED) is 0.256. The van der Waals surface area contributed by atoms with Gasteiger partial charge in [0, 0.05) is 24.8 Å². The van der Waals surface area contributed by atoms with E-state index < -0.39 is 20.1 Å². The topological polar surface area (TPSA) is 35.3 Å². The molecule has 2 aromatic carbocycles. The Hall–Kier alpha value is -1.67. The third-order valence-corrected chi connectivity index (χ3v) is 13.5. The molecule has 5 aromatic rings. The van der Waals surface area contributed by atoms with Gasteiger partial charge >= 0.3 is 0 Å². The maximum absolute atomic E-state index is 6.45. The summed E-state index contributed by atoms with van der Waals surface area (Å²) in [5.74, 6) is 1.49. The second kappa shape index (κ2) is 7.17. The smallest absolute Gasteiger partial charge is 0.227 e. The fourth-order valence-electron chi connectivity index (χ4n) is 3.56. The number of hydrogen-bond acceptors (Lipinski definition) is 5. The highest BCUT2D eigenvalue weighted by atomic mass is 32.3. The van der Waals surface area contributed by atoms with Crippen molar-refractivity contribution < 1.29 is 9.15 Å². The minimum absolute atomic E-state index is 0.665. The Kier molecular flexibility index (Phi) is 4.90. The number of fused-ring (bicyclic) bond motifs is 6. The maximum Gasteiger partial charge on any atom is 0.227 e. The second-order valence-corrected chi connectivity index (χ2v) is 20.1. The van der Waals surface area contributed by atoms with Crippen LogP contribution in [0.15, 0.2) is 49.2 Å². The normalized spacial score (nSPS) is 14.0. The number of rotatable bonds is 4. The van der Waals surface area contributed by atoms with E-state index in [1.165, 1.54) is 28.6 Å². The first-order valence-corrected chi connectivity index (χ1v) is 17.2. The first kappa shape index (κ1) is 21.2. The summed E-state index contributed by atoms with van der Waals surface area (Å²) in [4.78, 5) is 5.00. The molecule has 0 aliphatic heterocycles. The van der Waals surface area contributed by atoms with Crippen LogP contribution in [-0.2, 0) is 0 Å². The molecular weight excluding hydrogens is 463 g/mol. The summed E-state index contributed by atoms with van der Waals surface area (Å²) < 4.78 is 17.4. The third-order valence-electron chi connectivity index (χ3n) is 5.30. The van der Waals surface area contributed by atoms with Crippen LogP contribution in [0.2, 0.25) is 0 Å². The van der Waals surface area contributed by atoms with Gasteiger partial charge in [0.15, 0.2) is 5.58 Å². The molecule has 0 saturated heterocycles. The Morgan fingerprint density at radius 2 is 1.35 bits per heavy atom. The van der Waals surface area contributed by atoms with Crippen LogP contribution in [0.1, 0.15) is 0 Å². The number of hydrogen-bond donors (Lipinski definition) is 0. The molecule has 0 bridgehead atoms. The number of nitrogens with zero attached hydrogens (tertiary/aromatic N) is 1. The molecule has 7 heteroatoms. The zero-order valence-corrected chi connectivity index (χ0v) is 22.1. The van der Waals surface area contributed by atoms with E-state index in [9.17, 15) is 0 Å². The average Bonchev–Trinajstić information content (AvgIpc) is 3.41. The summed E-state index contributed by atoms with van der Waals surface area (Å²) in [5, 5.41) is 2.43. The van der Waals surface area contributed by atoms with Gasteiger partial charge in [0.2, 0.25) is 5.89 Å². The third kappa shape index (κ3) is 3.55. The average molecular weight is 490 g/mol. The summed E-state index contributed by atoms with van der Waals surface area (Å²) in [6.45, 7) is 0. The highest BCUT2D eigenvalue weighted by molar-refractivity contribution is 8.33. The van der Waals surface area contributed by atoms with Crippen LogP contribution in [-0.4, -0.2) is 49.6 Å². The van der Waals surface area contributed by atoms with Crippen LogP contribution >= 0.6 is 42.7 Å². The van der Waals surface area contributed by atoms with E-state index in [1.807, 2.05) is 46.9 Å². The largest absolute Gasteiger partial charge is 0.497 e. The molecule has 0 saturated carbocycles. The van der Waals surface area contributed by atoms with Crippen LogP contribution in [0.3, 0.4) is 0 Å². The molecule has 3 heterocycles. The highest BCUT2D eigenvalue weighted by Gasteiger charge is 2.24. The Balaban J connectivity index is 1.85. The SMILES string of the molecule is COc1ccc(-c2nc3c4cc(S(C)(C)C)sc4c4sc(S(C)(C)C)cc4c3o2)cc1. The number of oxazole rings is 1. The van der Waals surface area contributed by atoms with Crippen molar-refractivity contribution in [3.63, 3.8) is 0 Å².